The topological polar surface area (TPSA) is 83.7 Å². The summed E-state index contributed by atoms with van der Waals surface area (Å²) < 4.78 is 11.5. The molecule has 1 aromatic heterocycles. The molecule has 25 heavy (non-hydrogen) atoms. The monoisotopic (exact) mass is 346 g/mol. The van der Waals surface area contributed by atoms with E-state index in [4.69, 9.17) is 9.15 Å². The summed E-state index contributed by atoms with van der Waals surface area (Å²) in [6, 6.07) is 7.21. The molecule has 1 aliphatic carbocycles. The molecule has 0 saturated heterocycles. The van der Waals surface area contributed by atoms with Crippen LogP contribution in [0.3, 0.4) is 0 Å². The van der Waals surface area contributed by atoms with E-state index in [1.54, 1.807) is 0 Å². The summed E-state index contributed by atoms with van der Waals surface area (Å²) in [7, 11) is 0. The van der Waals surface area contributed by atoms with Crippen LogP contribution in [0.2, 0.25) is 0 Å². The molecule has 0 bridgehead atoms. The number of nitrogens with one attached hydrogen (secondary N) is 2. The van der Waals surface area contributed by atoms with Crippen LogP contribution in [0.1, 0.15) is 44.9 Å². The quantitative estimate of drug-likeness (QED) is 0.749. The second kappa shape index (κ2) is 7.78. The molecule has 3 unspecified atom stereocenters. The highest BCUT2D eigenvalue weighted by atomic mass is 16.5. The Morgan fingerprint density at radius 3 is 3.00 bits per heavy atom. The number of fused-ring (bicyclic) bond motifs is 1. The third-order valence-electron chi connectivity index (χ3n) is 4.67. The van der Waals surface area contributed by atoms with Crippen LogP contribution in [0.5, 0.6) is 5.75 Å². The number of hydrogen-bond donors (Lipinski definition) is 3. The maximum atomic E-state index is 12.1. The predicted octanol–water partition coefficient (Wildman–Crippen LogP) is 3.35. The van der Waals surface area contributed by atoms with E-state index in [2.05, 4.69) is 10.6 Å². The number of amides is 2. The standard InChI is InChI=1S/C19H26N2O4/c1-3-24-16-6-4-5-14-10-17(25-18(14)16)12(2)21-19(23)20-11-13-7-8-15(22)9-13/h4-6,10,12-13,15,22H,3,7-9,11H2,1-2H3,(H2,20,21,23). The Morgan fingerprint density at radius 1 is 1.44 bits per heavy atom. The van der Waals surface area contributed by atoms with Gasteiger partial charge in [-0.25, -0.2) is 4.79 Å². The van der Waals surface area contributed by atoms with Gasteiger partial charge in [0, 0.05) is 11.9 Å². The van der Waals surface area contributed by atoms with E-state index in [1.807, 2.05) is 38.1 Å². The Balaban J connectivity index is 1.59. The molecule has 136 valence electrons. The van der Waals surface area contributed by atoms with Gasteiger partial charge in [0.25, 0.3) is 0 Å². The number of urea groups is 1. The molecule has 3 rings (SSSR count). The van der Waals surface area contributed by atoms with Crippen LogP contribution < -0.4 is 15.4 Å². The van der Waals surface area contributed by atoms with Gasteiger partial charge < -0.3 is 24.9 Å². The van der Waals surface area contributed by atoms with Crippen molar-refractivity contribution >= 4 is 17.0 Å². The number of ether oxygens (including phenoxy) is 1. The van der Waals surface area contributed by atoms with Crippen LogP contribution >= 0.6 is 0 Å². The number of benzene rings is 1. The van der Waals surface area contributed by atoms with E-state index in [0.29, 0.717) is 36.2 Å². The summed E-state index contributed by atoms with van der Waals surface area (Å²) in [5.41, 5.74) is 0.702. The lowest BCUT2D eigenvalue weighted by molar-refractivity contribution is 0.177. The van der Waals surface area contributed by atoms with E-state index in [0.717, 1.165) is 24.6 Å². The van der Waals surface area contributed by atoms with Crippen LogP contribution in [0.25, 0.3) is 11.0 Å². The van der Waals surface area contributed by atoms with Crippen molar-refractivity contribution in [3.05, 3.63) is 30.0 Å². The van der Waals surface area contributed by atoms with Crippen molar-refractivity contribution in [3.63, 3.8) is 0 Å². The van der Waals surface area contributed by atoms with Gasteiger partial charge in [-0.2, -0.15) is 0 Å². The molecule has 6 heteroatoms. The third-order valence-corrected chi connectivity index (χ3v) is 4.67. The molecule has 0 radical (unpaired) electrons. The number of carbonyl (C=O) groups is 1. The molecule has 1 saturated carbocycles. The summed E-state index contributed by atoms with van der Waals surface area (Å²) >= 11 is 0. The van der Waals surface area contributed by atoms with Crippen molar-refractivity contribution in [3.8, 4) is 5.75 Å². The fraction of sp³-hybridized carbons (Fsp3) is 0.526. The molecule has 1 heterocycles. The van der Waals surface area contributed by atoms with Crippen molar-refractivity contribution in [1.82, 2.24) is 10.6 Å². The number of rotatable bonds is 6. The first-order chi connectivity index (χ1) is 12.1. The zero-order valence-corrected chi connectivity index (χ0v) is 14.7. The van der Waals surface area contributed by atoms with E-state index >= 15 is 0 Å². The van der Waals surface area contributed by atoms with E-state index in [9.17, 15) is 9.90 Å². The van der Waals surface area contributed by atoms with Crippen molar-refractivity contribution in [2.24, 2.45) is 5.92 Å². The fourth-order valence-corrected chi connectivity index (χ4v) is 3.33. The van der Waals surface area contributed by atoms with Crippen LogP contribution in [-0.4, -0.2) is 30.4 Å². The first-order valence-electron chi connectivity index (χ1n) is 8.94. The van der Waals surface area contributed by atoms with Gasteiger partial charge in [-0.1, -0.05) is 12.1 Å². The second-order valence-corrected chi connectivity index (χ2v) is 6.67. The van der Waals surface area contributed by atoms with Gasteiger partial charge in [0.1, 0.15) is 5.76 Å². The Bertz CT molecular complexity index is 727. The number of aliphatic hydroxyl groups is 1. The van der Waals surface area contributed by atoms with Crippen LogP contribution in [0.15, 0.2) is 28.7 Å². The highest BCUT2D eigenvalue weighted by Gasteiger charge is 2.23. The molecule has 2 amide bonds. The lowest BCUT2D eigenvalue weighted by atomic mass is 10.1. The molecule has 3 N–H and O–H groups in total. The predicted molar refractivity (Wildman–Crippen MR) is 95.7 cm³/mol. The average molecular weight is 346 g/mol. The zero-order valence-electron chi connectivity index (χ0n) is 14.7. The summed E-state index contributed by atoms with van der Waals surface area (Å²) in [4.78, 5) is 12.1. The number of para-hydroxylation sites is 1. The molecule has 2 aromatic rings. The molecule has 3 atom stereocenters. The minimum atomic E-state index is -0.254. The van der Waals surface area contributed by atoms with Crippen molar-refractivity contribution < 1.29 is 19.1 Å². The SMILES string of the molecule is CCOc1cccc2cc(C(C)NC(=O)NCC3CCC(O)C3)oc12. The first kappa shape index (κ1) is 17.6. The zero-order chi connectivity index (χ0) is 17.8. The maximum absolute atomic E-state index is 12.1. The maximum Gasteiger partial charge on any atom is 0.315 e. The van der Waals surface area contributed by atoms with Gasteiger partial charge >= 0.3 is 6.03 Å². The number of hydrogen-bond acceptors (Lipinski definition) is 4. The summed E-state index contributed by atoms with van der Waals surface area (Å²) in [5, 5.41) is 16.3. The highest BCUT2D eigenvalue weighted by Crippen LogP contribution is 2.31. The molecular formula is C19H26N2O4. The molecular weight excluding hydrogens is 320 g/mol. The number of aliphatic hydroxyl groups excluding tert-OH is 1. The molecule has 0 spiro atoms. The minimum absolute atomic E-state index is 0.219. The highest BCUT2D eigenvalue weighted by molar-refractivity contribution is 5.84. The Kier molecular flexibility index (Phi) is 5.48. The van der Waals surface area contributed by atoms with Crippen molar-refractivity contribution in [2.75, 3.05) is 13.2 Å². The second-order valence-electron chi connectivity index (χ2n) is 6.67. The summed E-state index contributed by atoms with van der Waals surface area (Å²) in [6.45, 7) is 4.98. The minimum Gasteiger partial charge on any atom is -0.490 e. The normalized spacial score (nSPS) is 21.2. The van der Waals surface area contributed by atoms with Gasteiger partial charge in [-0.3, -0.25) is 0 Å². The average Bonchev–Trinajstić information content (AvgIpc) is 3.20. The number of furan rings is 1. The van der Waals surface area contributed by atoms with Crippen molar-refractivity contribution in [1.29, 1.82) is 0 Å². The molecule has 1 aromatic carbocycles. The van der Waals surface area contributed by atoms with E-state index in [-0.39, 0.29) is 18.2 Å². The van der Waals surface area contributed by atoms with Gasteiger partial charge in [0.05, 0.1) is 18.8 Å². The number of carbonyl (C=O) groups excluding carboxylic acids is 1. The van der Waals surface area contributed by atoms with E-state index in [1.165, 1.54) is 0 Å². The lowest BCUT2D eigenvalue weighted by Gasteiger charge is -2.15. The van der Waals surface area contributed by atoms with Crippen LogP contribution in [0, 0.1) is 5.92 Å². The van der Waals surface area contributed by atoms with Gasteiger partial charge in [0.15, 0.2) is 11.3 Å². The van der Waals surface area contributed by atoms with Gasteiger partial charge in [-0.15, -0.1) is 0 Å². The molecule has 1 aliphatic rings. The Morgan fingerprint density at radius 2 is 2.28 bits per heavy atom. The molecule has 1 fully saturated rings. The van der Waals surface area contributed by atoms with Crippen molar-refractivity contribution in [2.45, 2.75) is 45.3 Å². The molecule has 6 nitrogen and oxygen atoms in total. The van der Waals surface area contributed by atoms with Crippen LogP contribution in [-0.2, 0) is 0 Å². The van der Waals surface area contributed by atoms with Crippen LogP contribution in [0.4, 0.5) is 4.79 Å². The fourth-order valence-electron chi connectivity index (χ4n) is 3.33. The third kappa shape index (κ3) is 4.25. The molecule has 0 aliphatic heterocycles. The summed E-state index contributed by atoms with van der Waals surface area (Å²) in [6.07, 6.45) is 2.33. The lowest BCUT2D eigenvalue weighted by Crippen LogP contribution is -2.39. The Labute approximate surface area is 147 Å². The first-order valence-corrected chi connectivity index (χ1v) is 8.94. The summed E-state index contributed by atoms with van der Waals surface area (Å²) in [5.74, 6) is 1.76. The van der Waals surface area contributed by atoms with E-state index < -0.39 is 0 Å². The largest absolute Gasteiger partial charge is 0.490 e. The smallest absolute Gasteiger partial charge is 0.315 e. The van der Waals surface area contributed by atoms with Gasteiger partial charge in [-0.05, 0) is 51.2 Å². The Hall–Kier alpha value is -2.21. The van der Waals surface area contributed by atoms with Gasteiger partial charge in [0.2, 0.25) is 0 Å².